The lowest BCUT2D eigenvalue weighted by Gasteiger charge is -2.03. The summed E-state index contributed by atoms with van der Waals surface area (Å²) in [5.74, 6) is 0.0277. The van der Waals surface area contributed by atoms with Gasteiger partial charge in [0.05, 0.1) is 0 Å². The Balaban J connectivity index is 1.68. The van der Waals surface area contributed by atoms with Crippen molar-refractivity contribution in [2.45, 2.75) is 0 Å². The van der Waals surface area contributed by atoms with Crippen molar-refractivity contribution in [1.82, 2.24) is 0 Å². The average Bonchev–Trinajstić information content (AvgIpc) is 2.65. The van der Waals surface area contributed by atoms with E-state index in [4.69, 9.17) is 0 Å². The van der Waals surface area contributed by atoms with E-state index < -0.39 is 0 Å². The third-order valence-corrected chi connectivity index (χ3v) is 4.26. The van der Waals surface area contributed by atoms with Gasteiger partial charge in [0, 0.05) is 5.56 Å². The summed E-state index contributed by atoms with van der Waals surface area (Å²) in [7, 11) is 0. The van der Waals surface area contributed by atoms with Crippen LogP contribution < -0.4 is 0 Å². The normalized spacial score (nSPS) is 11.3. The van der Waals surface area contributed by atoms with Gasteiger partial charge in [-0.05, 0) is 39.3 Å². The highest BCUT2D eigenvalue weighted by molar-refractivity contribution is 6.14. The molecule has 4 aromatic carbocycles. The van der Waals surface area contributed by atoms with Gasteiger partial charge < -0.3 is 0 Å². The summed E-state index contributed by atoms with van der Waals surface area (Å²) in [4.78, 5) is 12.6. The van der Waals surface area contributed by atoms with E-state index in [1.165, 1.54) is 10.8 Å². The van der Waals surface area contributed by atoms with E-state index in [9.17, 15) is 4.79 Å². The molecule has 0 saturated carbocycles. The van der Waals surface area contributed by atoms with Crippen molar-refractivity contribution in [3.05, 3.63) is 102 Å². The van der Waals surface area contributed by atoms with Gasteiger partial charge >= 0.3 is 0 Å². The lowest BCUT2D eigenvalue weighted by atomic mass is 10.0. The Morgan fingerprint density at radius 2 is 1.38 bits per heavy atom. The summed E-state index contributed by atoms with van der Waals surface area (Å²) in [5, 5.41) is 4.46. The SMILES string of the molecule is O=C(/C=C/c1ccc2ccccc2c1)c1cccc2ccccc12. The zero-order valence-corrected chi connectivity index (χ0v) is 13.1. The van der Waals surface area contributed by atoms with Crippen molar-refractivity contribution in [3.8, 4) is 0 Å². The summed E-state index contributed by atoms with van der Waals surface area (Å²) in [6, 6.07) is 28.3. The van der Waals surface area contributed by atoms with Crippen molar-refractivity contribution < 1.29 is 4.79 Å². The van der Waals surface area contributed by atoms with E-state index in [0.717, 1.165) is 21.9 Å². The summed E-state index contributed by atoms with van der Waals surface area (Å²) in [5.41, 5.74) is 1.77. The monoisotopic (exact) mass is 308 g/mol. The molecule has 4 rings (SSSR count). The summed E-state index contributed by atoms with van der Waals surface area (Å²) in [6.07, 6.45) is 3.54. The molecule has 0 aliphatic carbocycles. The second kappa shape index (κ2) is 6.13. The molecule has 0 aromatic heterocycles. The third kappa shape index (κ3) is 2.72. The fourth-order valence-electron chi connectivity index (χ4n) is 3.01. The lowest BCUT2D eigenvalue weighted by Crippen LogP contribution is -1.95. The van der Waals surface area contributed by atoms with Gasteiger partial charge in [0.15, 0.2) is 5.78 Å². The molecule has 1 nitrogen and oxygen atoms in total. The molecule has 0 radical (unpaired) electrons. The van der Waals surface area contributed by atoms with Crippen molar-refractivity contribution in [3.63, 3.8) is 0 Å². The van der Waals surface area contributed by atoms with Crippen molar-refractivity contribution in [1.29, 1.82) is 0 Å². The van der Waals surface area contributed by atoms with Crippen LogP contribution in [0, 0.1) is 0 Å². The van der Waals surface area contributed by atoms with Crippen LogP contribution in [-0.4, -0.2) is 5.78 Å². The maximum absolute atomic E-state index is 12.6. The Morgan fingerprint density at radius 3 is 2.25 bits per heavy atom. The molecular weight excluding hydrogens is 292 g/mol. The minimum atomic E-state index is 0.0277. The Bertz CT molecular complexity index is 1070. The number of carbonyl (C=O) groups is 1. The first-order valence-electron chi connectivity index (χ1n) is 8.00. The smallest absolute Gasteiger partial charge is 0.186 e. The van der Waals surface area contributed by atoms with Crippen molar-refractivity contribution in [2.24, 2.45) is 0 Å². The maximum Gasteiger partial charge on any atom is 0.186 e. The topological polar surface area (TPSA) is 17.1 Å². The molecule has 0 aliphatic heterocycles. The maximum atomic E-state index is 12.6. The Kier molecular flexibility index (Phi) is 3.68. The number of rotatable bonds is 3. The van der Waals surface area contributed by atoms with E-state index in [1.807, 2.05) is 66.7 Å². The minimum Gasteiger partial charge on any atom is -0.289 e. The van der Waals surface area contributed by atoms with Crippen LogP contribution in [0.1, 0.15) is 15.9 Å². The van der Waals surface area contributed by atoms with Crippen LogP contribution in [-0.2, 0) is 0 Å². The number of carbonyl (C=O) groups excluding carboxylic acids is 1. The van der Waals surface area contributed by atoms with E-state index in [-0.39, 0.29) is 5.78 Å². The molecule has 0 N–H and O–H groups in total. The predicted molar refractivity (Wildman–Crippen MR) is 101 cm³/mol. The average molecular weight is 308 g/mol. The number of ketones is 1. The molecule has 0 atom stereocenters. The molecule has 0 fully saturated rings. The van der Waals surface area contributed by atoms with Gasteiger partial charge in [-0.1, -0.05) is 84.9 Å². The number of benzene rings is 4. The van der Waals surface area contributed by atoms with Crippen molar-refractivity contribution >= 4 is 33.4 Å². The van der Waals surface area contributed by atoms with Crippen molar-refractivity contribution in [2.75, 3.05) is 0 Å². The van der Waals surface area contributed by atoms with E-state index in [0.29, 0.717) is 0 Å². The fraction of sp³-hybridized carbons (Fsp3) is 0. The number of hydrogen-bond acceptors (Lipinski definition) is 1. The Hall–Kier alpha value is -3.19. The lowest BCUT2D eigenvalue weighted by molar-refractivity contribution is 0.104. The quantitative estimate of drug-likeness (QED) is 0.341. The van der Waals surface area contributed by atoms with Gasteiger partial charge in [0.25, 0.3) is 0 Å². The highest BCUT2D eigenvalue weighted by Gasteiger charge is 2.06. The van der Waals surface area contributed by atoms with Gasteiger partial charge in [-0.3, -0.25) is 4.79 Å². The predicted octanol–water partition coefficient (Wildman–Crippen LogP) is 5.89. The summed E-state index contributed by atoms with van der Waals surface area (Å²) in [6.45, 7) is 0. The van der Waals surface area contributed by atoms with E-state index >= 15 is 0 Å². The summed E-state index contributed by atoms with van der Waals surface area (Å²) < 4.78 is 0. The second-order valence-electron chi connectivity index (χ2n) is 5.83. The van der Waals surface area contributed by atoms with E-state index in [2.05, 4.69) is 24.3 Å². The van der Waals surface area contributed by atoms with Crippen LogP contribution in [0.15, 0.2) is 91.0 Å². The Labute approximate surface area is 140 Å². The Morgan fingerprint density at radius 1 is 0.667 bits per heavy atom. The van der Waals surface area contributed by atoms with E-state index in [1.54, 1.807) is 6.08 Å². The first-order chi connectivity index (χ1) is 11.8. The molecule has 0 bridgehead atoms. The number of fused-ring (bicyclic) bond motifs is 2. The van der Waals surface area contributed by atoms with Crippen LogP contribution in [0.4, 0.5) is 0 Å². The molecular formula is C23H16O. The largest absolute Gasteiger partial charge is 0.289 e. The first kappa shape index (κ1) is 14.4. The van der Waals surface area contributed by atoms with Gasteiger partial charge in [0.2, 0.25) is 0 Å². The van der Waals surface area contributed by atoms with Crippen LogP contribution in [0.25, 0.3) is 27.6 Å². The van der Waals surface area contributed by atoms with Crippen LogP contribution in [0.3, 0.4) is 0 Å². The zero-order valence-electron chi connectivity index (χ0n) is 13.1. The molecule has 0 spiro atoms. The van der Waals surface area contributed by atoms with Gasteiger partial charge in [-0.15, -0.1) is 0 Å². The first-order valence-corrected chi connectivity index (χ1v) is 8.00. The second-order valence-corrected chi connectivity index (χ2v) is 5.83. The number of hydrogen-bond donors (Lipinski definition) is 0. The molecule has 0 aliphatic rings. The zero-order chi connectivity index (χ0) is 16.4. The molecule has 0 saturated heterocycles. The van der Waals surface area contributed by atoms with Crippen LogP contribution in [0.5, 0.6) is 0 Å². The van der Waals surface area contributed by atoms with Crippen LogP contribution in [0.2, 0.25) is 0 Å². The highest BCUT2D eigenvalue weighted by Crippen LogP contribution is 2.20. The number of allylic oxidation sites excluding steroid dienone is 1. The molecule has 24 heavy (non-hydrogen) atoms. The minimum absolute atomic E-state index is 0.0277. The molecule has 4 aromatic rings. The molecule has 0 amide bonds. The van der Waals surface area contributed by atoms with Gasteiger partial charge in [-0.2, -0.15) is 0 Å². The third-order valence-electron chi connectivity index (χ3n) is 4.26. The molecule has 0 unspecified atom stereocenters. The summed E-state index contributed by atoms with van der Waals surface area (Å²) >= 11 is 0. The fourth-order valence-corrected chi connectivity index (χ4v) is 3.01. The van der Waals surface area contributed by atoms with Gasteiger partial charge in [0.1, 0.15) is 0 Å². The standard InChI is InChI=1S/C23H16O/c24-23(22-11-5-9-19-7-3-4-10-21(19)22)15-13-17-12-14-18-6-1-2-8-20(18)16-17/h1-16H/b15-13+. The molecule has 0 heterocycles. The molecule has 114 valence electrons. The molecule has 1 heteroatoms. The van der Waals surface area contributed by atoms with Gasteiger partial charge in [-0.25, -0.2) is 0 Å². The highest BCUT2D eigenvalue weighted by atomic mass is 16.1. The van der Waals surface area contributed by atoms with Crippen LogP contribution >= 0.6 is 0 Å².